The Morgan fingerprint density at radius 3 is 2.29 bits per heavy atom. The molecule has 0 aliphatic heterocycles. The molecule has 0 aromatic heterocycles. The number of nitrogens with one attached hydrogen (secondary N) is 1. The van der Waals surface area contributed by atoms with Crippen molar-refractivity contribution in [2.45, 2.75) is 143 Å². The lowest BCUT2D eigenvalue weighted by molar-refractivity contribution is -0.140. The molecule has 0 aromatic carbocycles. The van der Waals surface area contributed by atoms with E-state index in [1.54, 1.807) is 0 Å². The highest BCUT2D eigenvalue weighted by Crippen LogP contribution is 2.68. The average Bonchev–Trinajstić information content (AvgIpc) is 3.32. The number of hydrogen-bond acceptors (Lipinski definition) is 5. The van der Waals surface area contributed by atoms with Crippen LogP contribution < -0.4 is 5.09 Å². The van der Waals surface area contributed by atoms with Crippen LogP contribution in [-0.2, 0) is 23.4 Å². The Morgan fingerprint density at radius 1 is 0.889 bits per heavy atom. The predicted octanol–water partition coefficient (Wildman–Crippen LogP) is 7.91. The molecule has 10 heteroatoms. The Bertz CT molecular complexity index is 1050. The third kappa shape index (κ3) is 8.93. The first-order valence-corrected chi connectivity index (χ1v) is 19.6. The van der Waals surface area contributed by atoms with E-state index in [2.05, 4.69) is 39.7 Å². The summed E-state index contributed by atoms with van der Waals surface area (Å²) in [6.45, 7) is 12.9. The molecule has 4 rings (SSSR count). The Labute approximate surface area is 271 Å². The van der Waals surface area contributed by atoms with E-state index in [1.165, 1.54) is 64.2 Å². The second kappa shape index (κ2) is 15.5. The summed E-state index contributed by atoms with van der Waals surface area (Å²) in [5, 5.41) is 20.1. The number of ether oxygens (including phenoxy) is 1. The minimum Gasteiger partial charge on any atom is -0.481 e. The van der Waals surface area contributed by atoms with Gasteiger partial charge in [-0.2, -0.15) is 0 Å². The normalized spacial score (nSPS) is 37.2. The number of carbonyl (C=O) groups is 2. The molecule has 4 saturated carbocycles. The second-order valence-electron chi connectivity index (χ2n) is 16.1. The Morgan fingerprint density at radius 2 is 1.60 bits per heavy atom. The fourth-order valence-corrected chi connectivity index (χ4v) is 11.7. The van der Waals surface area contributed by atoms with E-state index >= 15 is 0 Å². The van der Waals surface area contributed by atoms with Gasteiger partial charge in [-0.3, -0.25) is 14.1 Å². The van der Waals surface area contributed by atoms with Crippen molar-refractivity contribution in [3.63, 3.8) is 0 Å². The van der Waals surface area contributed by atoms with Crippen LogP contribution in [0.5, 0.6) is 0 Å². The summed E-state index contributed by atoms with van der Waals surface area (Å²) in [5.74, 6) is 3.24. The van der Waals surface area contributed by atoms with Crippen LogP contribution in [0.25, 0.3) is 0 Å². The van der Waals surface area contributed by atoms with Crippen molar-refractivity contribution in [3.05, 3.63) is 0 Å². The van der Waals surface area contributed by atoms with Crippen LogP contribution in [0.2, 0.25) is 0 Å². The first-order valence-electron chi connectivity index (χ1n) is 18.0. The third-order valence-electron chi connectivity index (χ3n) is 13.0. The fraction of sp³-hybridized carbons (Fsp3) is 0.943. The van der Waals surface area contributed by atoms with E-state index in [-0.39, 0.29) is 19.1 Å². The minimum atomic E-state index is -4.39. The van der Waals surface area contributed by atoms with Crippen molar-refractivity contribution in [3.8, 4) is 0 Å². The maximum Gasteiger partial charge on any atom is 0.403 e. The summed E-state index contributed by atoms with van der Waals surface area (Å²) < 4.78 is 23.6. The molecular weight excluding hydrogens is 593 g/mol. The number of hydrogen-bond donors (Lipinski definition) is 4. The molecule has 11 atom stereocenters. The fourth-order valence-electron chi connectivity index (χ4n) is 10.6. The van der Waals surface area contributed by atoms with E-state index in [9.17, 15) is 24.2 Å². The largest absolute Gasteiger partial charge is 0.481 e. The van der Waals surface area contributed by atoms with Gasteiger partial charge in [0.15, 0.2) is 0 Å². The average molecular weight is 656 g/mol. The summed E-state index contributed by atoms with van der Waals surface area (Å²) >= 11 is 0. The molecular formula is C35H62NO8P. The highest BCUT2D eigenvalue weighted by atomic mass is 31.2. The van der Waals surface area contributed by atoms with Crippen LogP contribution in [0.3, 0.4) is 0 Å². The molecule has 4 aliphatic carbocycles. The lowest BCUT2D eigenvalue weighted by Crippen LogP contribution is -2.54. The van der Waals surface area contributed by atoms with Crippen molar-refractivity contribution in [2.24, 2.45) is 52.3 Å². The third-order valence-corrected chi connectivity index (χ3v) is 14.2. The number of rotatable bonds is 17. The molecule has 0 spiro atoms. The maximum atomic E-state index is 12.3. The zero-order chi connectivity index (χ0) is 33.0. The van der Waals surface area contributed by atoms with Crippen LogP contribution in [0.15, 0.2) is 0 Å². The quantitative estimate of drug-likeness (QED) is 0.0908. The standard InChI is InChI=1S/C35H62NO8P/c1-23(2)8-6-9-24(3)28-12-13-29-27-11-10-25-22-26(16-18-34(25,4)30(27)17-19-35(28,29)5)43-20-7-21-44-45(41,42)36-31(33(39)40)14-15-32(37)38/h23-31H,6-22H2,1-5H3,(H,37,38)(H,39,40)(H2,36,41,42)/t24-,25?,26+,27?,28-,29?,30?,31+,34+,35-/m1/s1. The van der Waals surface area contributed by atoms with E-state index in [0.717, 1.165) is 48.3 Å². The summed E-state index contributed by atoms with van der Waals surface area (Å²) in [5.41, 5.74) is 0.912. The molecule has 0 heterocycles. The first kappa shape index (κ1) is 36.8. The predicted molar refractivity (Wildman–Crippen MR) is 175 cm³/mol. The van der Waals surface area contributed by atoms with Gasteiger partial charge in [0.2, 0.25) is 0 Å². The van der Waals surface area contributed by atoms with Crippen LogP contribution in [-0.4, -0.2) is 52.4 Å². The van der Waals surface area contributed by atoms with Gasteiger partial charge < -0.3 is 19.8 Å². The van der Waals surface area contributed by atoms with E-state index in [1.807, 2.05) is 0 Å². The van der Waals surface area contributed by atoms with Crippen molar-refractivity contribution in [1.29, 1.82) is 0 Å². The van der Waals surface area contributed by atoms with Gasteiger partial charge in [-0.15, -0.1) is 0 Å². The first-order chi connectivity index (χ1) is 21.2. The van der Waals surface area contributed by atoms with Gasteiger partial charge in [0, 0.05) is 13.0 Å². The number of fused-ring (bicyclic) bond motifs is 5. The summed E-state index contributed by atoms with van der Waals surface area (Å²) in [7, 11) is -4.39. The Balaban J connectivity index is 1.22. The van der Waals surface area contributed by atoms with Crippen LogP contribution in [0.4, 0.5) is 0 Å². The highest BCUT2D eigenvalue weighted by molar-refractivity contribution is 7.50. The molecule has 4 fully saturated rings. The summed E-state index contributed by atoms with van der Waals surface area (Å²) in [6.07, 6.45) is 15.6. The van der Waals surface area contributed by atoms with Crippen LogP contribution in [0.1, 0.15) is 131 Å². The van der Waals surface area contributed by atoms with E-state index in [4.69, 9.17) is 14.4 Å². The van der Waals surface area contributed by atoms with Crippen LogP contribution >= 0.6 is 7.75 Å². The number of carboxylic acid groups (broad SMARTS) is 2. The Kier molecular flexibility index (Phi) is 12.7. The maximum absolute atomic E-state index is 12.3. The molecule has 4 aliphatic rings. The van der Waals surface area contributed by atoms with Gasteiger partial charge >= 0.3 is 19.7 Å². The summed E-state index contributed by atoms with van der Waals surface area (Å²) in [6, 6.07) is -1.48. The molecule has 0 bridgehead atoms. The molecule has 9 nitrogen and oxygen atoms in total. The lowest BCUT2D eigenvalue weighted by atomic mass is 9.44. The van der Waals surface area contributed by atoms with Crippen molar-refractivity contribution in [2.75, 3.05) is 13.2 Å². The second-order valence-corrected chi connectivity index (χ2v) is 17.7. The smallest absolute Gasteiger partial charge is 0.403 e. The van der Waals surface area contributed by atoms with Gasteiger partial charge in [0.05, 0.1) is 12.7 Å². The van der Waals surface area contributed by atoms with E-state index in [0.29, 0.717) is 29.8 Å². The number of carboxylic acids is 2. The highest BCUT2D eigenvalue weighted by Gasteiger charge is 2.60. The minimum absolute atomic E-state index is 0.0544. The van der Waals surface area contributed by atoms with Crippen molar-refractivity contribution < 1.29 is 38.5 Å². The topological polar surface area (TPSA) is 142 Å². The van der Waals surface area contributed by atoms with Crippen molar-refractivity contribution >= 4 is 19.7 Å². The molecule has 5 unspecified atom stereocenters. The molecule has 0 saturated heterocycles. The zero-order valence-electron chi connectivity index (χ0n) is 28.5. The monoisotopic (exact) mass is 655 g/mol. The molecule has 45 heavy (non-hydrogen) atoms. The molecule has 0 radical (unpaired) electrons. The van der Waals surface area contributed by atoms with Gasteiger partial charge in [0.25, 0.3) is 0 Å². The molecule has 4 N–H and O–H groups in total. The number of aliphatic carboxylic acids is 2. The Hall–Kier alpha value is -0.990. The molecule has 0 aromatic rings. The van der Waals surface area contributed by atoms with Crippen molar-refractivity contribution in [1.82, 2.24) is 5.09 Å². The van der Waals surface area contributed by atoms with Gasteiger partial charge in [-0.1, -0.05) is 53.9 Å². The van der Waals surface area contributed by atoms with E-state index < -0.39 is 32.1 Å². The van der Waals surface area contributed by atoms with Gasteiger partial charge in [0.1, 0.15) is 6.04 Å². The molecule has 0 amide bonds. The lowest BCUT2D eigenvalue weighted by Gasteiger charge is -2.61. The zero-order valence-corrected chi connectivity index (χ0v) is 29.4. The SMILES string of the molecule is CC(C)CCC[C@@H](C)[C@H]1CCC2C3CCC4C[C@@H](OCCCOP(=O)(O)N[C@@H](CCC(=O)O)C(=O)O)CC[C@]4(C)C3CC[C@@]21C. The van der Waals surface area contributed by atoms with Crippen LogP contribution in [0, 0.1) is 52.3 Å². The van der Waals surface area contributed by atoms with Gasteiger partial charge in [-0.05, 0) is 123 Å². The molecule has 260 valence electrons. The summed E-state index contributed by atoms with van der Waals surface area (Å²) in [4.78, 5) is 32.1. The van der Waals surface area contributed by atoms with Gasteiger partial charge in [-0.25, -0.2) is 9.65 Å².